The van der Waals surface area contributed by atoms with Gasteiger partial charge in [0.25, 0.3) is 0 Å². The zero-order chi connectivity index (χ0) is 13.7. The zero-order valence-corrected chi connectivity index (χ0v) is 11.2. The molecule has 0 aliphatic rings. The fraction of sp³-hybridized carbons (Fsp3) is 0.727. The Balaban J connectivity index is 2.73. The van der Waals surface area contributed by atoms with Gasteiger partial charge in [-0.2, -0.15) is 15.0 Å². The SMILES string of the molecule is CC(O)CC(C)Nc1nc(N)nc(OC(C)C)n1. The fourth-order valence-corrected chi connectivity index (χ4v) is 1.49. The summed E-state index contributed by atoms with van der Waals surface area (Å²) in [6, 6.07) is 0.225. The van der Waals surface area contributed by atoms with Gasteiger partial charge in [-0.15, -0.1) is 0 Å². The number of nitrogens with two attached hydrogens (primary N) is 1. The number of anilines is 2. The second-order valence-corrected chi connectivity index (χ2v) is 4.60. The first-order valence-electron chi connectivity index (χ1n) is 5.99. The monoisotopic (exact) mass is 255 g/mol. The van der Waals surface area contributed by atoms with Crippen LogP contribution in [0.15, 0.2) is 0 Å². The van der Waals surface area contributed by atoms with E-state index in [1.807, 2.05) is 20.8 Å². The van der Waals surface area contributed by atoms with Crippen LogP contribution in [0.5, 0.6) is 6.01 Å². The summed E-state index contributed by atoms with van der Waals surface area (Å²) in [5, 5.41) is 12.3. The van der Waals surface area contributed by atoms with E-state index in [9.17, 15) is 5.11 Å². The van der Waals surface area contributed by atoms with Crippen LogP contribution >= 0.6 is 0 Å². The van der Waals surface area contributed by atoms with E-state index in [0.29, 0.717) is 12.4 Å². The van der Waals surface area contributed by atoms with Gasteiger partial charge >= 0.3 is 6.01 Å². The van der Waals surface area contributed by atoms with Gasteiger partial charge in [0, 0.05) is 6.04 Å². The smallest absolute Gasteiger partial charge is 0.323 e. The molecule has 0 radical (unpaired) electrons. The lowest BCUT2D eigenvalue weighted by Crippen LogP contribution is -2.22. The van der Waals surface area contributed by atoms with Crippen molar-refractivity contribution in [2.75, 3.05) is 11.1 Å². The van der Waals surface area contributed by atoms with Crippen molar-refractivity contribution >= 4 is 11.9 Å². The third-order valence-corrected chi connectivity index (χ3v) is 2.04. The molecule has 0 bridgehead atoms. The number of nitrogens with zero attached hydrogens (tertiary/aromatic N) is 3. The minimum absolute atomic E-state index is 0.0266. The molecule has 0 aliphatic carbocycles. The van der Waals surface area contributed by atoms with Crippen molar-refractivity contribution in [2.45, 2.75) is 52.4 Å². The largest absolute Gasteiger partial charge is 0.461 e. The first-order chi connectivity index (χ1) is 8.36. The van der Waals surface area contributed by atoms with Crippen LogP contribution in [0.25, 0.3) is 0 Å². The predicted molar refractivity (Wildman–Crippen MR) is 69.4 cm³/mol. The molecule has 1 aromatic heterocycles. The summed E-state index contributed by atoms with van der Waals surface area (Å²) in [7, 11) is 0. The number of aliphatic hydroxyl groups excluding tert-OH is 1. The third-order valence-electron chi connectivity index (χ3n) is 2.04. The zero-order valence-electron chi connectivity index (χ0n) is 11.2. The summed E-state index contributed by atoms with van der Waals surface area (Å²) in [6.45, 7) is 7.41. The Morgan fingerprint density at radius 2 is 1.89 bits per heavy atom. The van der Waals surface area contributed by atoms with Crippen molar-refractivity contribution < 1.29 is 9.84 Å². The highest BCUT2D eigenvalue weighted by atomic mass is 16.5. The van der Waals surface area contributed by atoms with Crippen molar-refractivity contribution in [1.29, 1.82) is 0 Å². The topological polar surface area (TPSA) is 106 Å². The minimum atomic E-state index is -0.391. The Kier molecular flexibility index (Phi) is 5.08. The lowest BCUT2D eigenvalue weighted by molar-refractivity contribution is 0.179. The molecule has 1 aromatic rings. The van der Waals surface area contributed by atoms with E-state index in [4.69, 9.17) is 10.5 Å². The summed E-state index contributed by atoms with van der Waals surface area (Å²) in [6.07, 6.45) is 0.166. The molecule has 0 aliphatic heterocycles. The standard InChI is InChI=1S/C11H21N5O2/c1-6(2)18-11-15-9(12)14-10(16-11)13-7(3)5-8(4)17/h6-8,17H,5H2,1-4H3,(H3,12,13,14,15,16). The van der Waals surface area contributed by atoms with Gasteiger partial charge in [-0.05, 0) is 34.1 Å². The van der Waals surface area contributed by atoms with E-state index >= 15 is 0 Å². The molecule has 18 heavy (non-hydrogen) atoms. The maximum atomic E-state index is 9.29. The normalized spacial score (nSPS) is 14.3. The van der Waals surface area contributed by atoms with Crippen LogP contribution in [0.3, 0.4) is 0 Å². The van der Waals surface area contributed by atoms with Crippen molar-refractivity contribution in [3.8, 4) is 6.01 Å². The van der Waals surface area contributed by atoms with Crippen LogP contribution < -0.4 is 15.8 Å². The summed E-state index contributed by atoms with van der Waals surface area (Å²) in [4.78, 5) is 12.0. The molecule has 1 rings (SSSR count). The van der Waals surface area contributed by atoms with E-state index in [2.05, 4.69) is 20.3 Å². The van der Waals surface area contributed by atoms with E-state index in [0.717, 1.165) is 0 Å². The highest BCUT2D eigenvalue weighted by molar-refractivity contribution is 5.33. The van der Waals surface area contributed by atoms with Crippen LogP contribution in [0, 0.1) is 0 Å². The molecule has 0 fully saturated rings. The Morgan fingerprint density at radius 3 is 2.44 bits per heavy atom. The number of nitrogens with one attached hydrogen (secondary N) is 1. The van der Waals surface area contributed by atoms with Crippen molar-refractivity contribution in [2.24, 2.45) is 0 Å². The number of rotatable bonds is 6. The van der Waals surface area contributed by atoms with Crippen LogP contribution in [0.1, 0.15) is 34.1 Å². The molecule has 1 heterocycles. The number of aromatic nitrogens is 3. The molecule has 4 N–H and O–H groups in total. The third kappa shape index (κ3) is 5.13. The molecule has 7 heteroatoms. The molecule has 7 nitrogen and oxygen atoms in total. The molecule has 0 spiro atoms. The predicted octanol–water partition coefficient (Wildman–Crippen LogP) is 0.812. The average Bonchev–Trinajstić information content (AvgIpc) is 2.12. The van der Waals surface area contributed by atoms with Crippen LogP contribution in [0.4, 0.5) is 11.9 Å². The van der Waals surface area contributed by atoms with Crippen LogP contribution in [0.2, 0.25) is 0 Å². The maximum absolute atomic E-state index is 9.29. The van der Waals surface area contributed by atoms with Gasteiger partial charge in [0.05, 0.1) is 12.2 Å². The molecule has 102 valence electrons. The molecular weight excluding hydrogens is 234 g/mol. The summed E-state index contributed by atoms with van der Waals surface area (Å²) < 4.78 is 5.37. The van der Waals surface area contributed by atoms with Crippen molar-refractivity contribution in [1.82, 2.24) is 15.0 Å². The Bertz CT molecular complexity index is 384. The number of ether oxygens (including phenoxy) is 1. The summed E-state index contributed by atoms with van der Waals surface area (Å²) in [5.74, 6) is 0.457. The van der Waals surface area contributed by atoms with Crippen LogP contribution in [-0.4, -0.2) is 38.3 Å². The Labute approximate surface area is 107 Å². The van der Waals surface area contributed by atoms with E-state index in [1.165, 1.54) is 0 Å². The second kappa shape index (κ2) is 6.34. The fourth-order valence-electron chi connectivity index (χ4n) is 1.49. The van der Waals surface area contributed by atoms with E-state index in [1.54, 1.807) is 6.92 Å². The second-order valence-electron chi connectivity index (χ2n) is 4.60. The first kappa shape index (κ1) is 14.4. The van der Waals surface area contributed by atoms with Crippen LogP contribution in [-0.2, 0) is 0 Å². The number of hydrogen-bond donors (Lipinski definition) is 3. The lowest BCUT2D eigenvalue weighted by Gasteiger charge is -2.16. The summed E-state index contributed by atoms with van der Waals surface area (Å²) in [5.41, 5.74) is 5.58. The highest BCUT2D eigenvalue weighted by Gasteiger charge is 2.11. The van der Waals surface area contributed by atoms with Gasteiger partial charge in [-0.3, -0.25) is 0 Å². The van der Waals surface area contributed by atoms with Gasteiger partial charge in [-0.1, -0.05) is 0 Å². The molecule has 2 atom stereocenters. The molecule has 0 saturated heterocycles. The lowest BCUT2D eigenvalue weighted by atomic mass is 10.2. The van der Waals surface area contributed by atoms with Gasteiger partial charge in [-0.25, -0.2) is 0 Å². The van der Waals surface area contributed by atoms with Crippen molar-refractivity contribution in [3.63, 3.8) is 0 Å². The number of hydrogen-bond acceptors (Lipinski definition) is 7. The molecular formula is C11H21N5O2. The van der Waals surface area contributed by atoms with Crippen molar-refractivity contribution in [3.05, 3.63) is 0 Å². The van der Waals surface area contributed by atoms with Gasteiger partial charge in [0.2, 0.25) is 11.9 Å². The minimum Gasteiger partial charge on any atom is -0.461 e. The molecule has 0 saturated carbocycles. The van der Waals surface area contributed by atoms with Gasteiger partial charge in [0.1, 0.15) is 0 Å². The quantitative estimate of drug-likeness (QED) is 0.690. The van der Waals surface area contributed by atoms with E-state index < -0.39 is 6.10 Å². The molecule has 0 aromatic carbocycles. The molecule has 2 unspecified atom stereocenters. The number of nitrogen functional groups attached to an aromatic ring is 1. The van der Waals surface area contributed by atoms with E-state index in [-0.39, 0.29) is 24.1 Å². The Morgan fingerprint density at radius 1 is 1.22 bits per heavy atom. The van der Waals surface area contributed by atoms with Gasteiger partial charge in [0.15, 0.2) is 0 Å². The summed E-state index contributed by atoms with van der Waals surface area (Å²) >= 11 is 0. The first-order valence-corrected chi connectivity index (χ1v) is 5.99. The number of aliphatic hydroxyl groups is 1. The van der Waals surface area contributed by atoms with Gasteiger partial charge < -0.3 is 20.9 Å². The highest BCUT2D eigenvalue weighted by Crippen LogP contribution is 2.12. The maximum Gasteiger partial charge on any atom is 0.323 e. The average molecular weight is 255 g/mol. The Hall–Kier alpha value is -1.63. The molecule has 0 amide bonds.